The minimum atomic E-state index is -2.46. The summed E-state index contributed by atoms with van der Waals surface area (Å²) in [4.78, 5) is 0. The summed E-state index contributed by atoms with van der Waals surface area (Å²) < 4.78 is 35.6. The predicted molar refractivity (Wildman–Crippen MR) is 93.4 cm³/mol. The summed E-state index contributed by atoms with van der Waals surface area (Å²) in [6.07, 6.45) is 2.27. The second-order valence-corrected chi connectivity index (χ2v) is 11.6. The van der Waals surface area contributed by atoms with Crippen LogP contribution >= 0.6 is 14.7 Å². The van der Waals surface area contributed by atoms with Gasteiger partial charge in [-0.1, -0.05) is 52.0 Å². The van der Waals surface area contributed by atoms with Gasteiger partial charge in [0, 0.05) is 24.6 Å². The van der Waals surface area contributed by atoms with Gasteiger partial charge in [0.15, 0.2) is 0 Å². The van der Waals surface area contributed by atoms with Crippen molar-refractivity contribution in [2.75, 3.05) is 24.6 Å². The van der Waals surface area contributed by atoms with E-state index in [1.807, 2.05) is 52.0 Å². The highest BCUT2D eigenvalue weighted by molar-refractivity contribution is 7.59. The zero-order valence-corrected chi connectivity index (χ0v) is 15.9. The predicted octanol–water partition coefficient (Wildman–Crippen LogP) is 5.36. The minimum absolute atomic E-state index is 0.364. The van der Waals surface area contributed by atoms with E-state index in [2.05, 4.69) is 0 Å². The monoisotopic (exact) mass is 346 g/mol. The highest BCUT2D eigenvalue weighted by Gasteiger charge is 2.18. The van der Waals surface area contributed by atoms with Crippen LogP contribution in [0.5, 0.6) is 0 Å². The largest absolute Gasteiger partial charge is 0.324 e. The first-order chi connectivity index (χ1) is 10.4. The molecule has 0 atom stereocenters. The van der Waals surface area contributed by atoms with Crippen LogP contribution in [0.4, 0.5) is 0 Å². The molecule has 0 spiro atoms. The summed E-state index contributed by atoms with van der Waals surface area (Å²) in [6.45, 7) is 8.30. The highest BCUT2D eigenvalue weighted by atomic mass is 31.2. The van der Waals surface area contributed by atoms with Gasteiger partial charge < -0.3 is 9.05 Å². The van der Waals surface area contributed by atoms with E-state index in [9.17, 15) is 9.13 Å². The van der Waals surface area contributed by atoms with Crippen LogP contribution in [0.15, 0.2) is 24.3 Å². The second kappa shape index (κ2) is 9.03. The number of hydrogen-bond acceptors (Lipinski definition) is 4. The number of hydrogen-bond donors (Lipinski definition) is 0. The quantitative estimate of drug-likeness (QED) is 0.536. The molecule has 1 rings (SSSR count). The normalized spacial score (nSPS) is 12.5. The fourth-order valence-electron chi connectivity index (χ4n) is 1.93. The molecular formula is C16H28O4P2. The molecule has 22 heavy (non-hydrogen) atoms. The van der Waals surface area contributed by atoms with E-state index < -0.39 is 14.7 Å². The van der Waals surface area contributed by atoms with Gasteiger partial charge in [0.2, 0.25) is 14.7 Å². The van der Waals surface area contributed by atoms with E-state index in [-0.39, 0.29) is 0 Å². The van der Waals surface area contributed by atoms with Gasteiger partial charge in [-0.05, 0) is 11.1 Å². The molecule has 1 aromatic carbocycles. The van der Waals surface area contributed by atoms with Crippen LogP contribution < -0.4 is 0 Å². The molecule has 0 unspecified atom stereocenters. The molecule has 0 aromatic heterocycles. The fraction of sp³-hybridized carbons (Fsp3) is 0.625. The Labute approximate surface area is 134 Å². The molecule has 0 N–H and O–H groups in total. The van der Waals surface area contributed by atoms with Crippen molar-refractivity contribution < 1.29 is 18.2 Å². The molecule has 1 aromatic rings. The Morgan fingerprint density at radius 3 is 1.18 bits per heavy atom. The van der Waals surface area contributed by atoms with Crippen LogP contribution in [0, 0.1) is 0 Å². The third-order valence-corrected chi connectivity index (χ3v) is 8.94. The average Bonchev–Trinajstić information content (AvgIpc) is 2.58. The molecule has 0 aliphatic rings. The third-order valence-electron chi connectivity index (χ3n) is 3.88. The minimum Gasteiger partial charge on any atom is -0.324 e. The van der Waals surface area contributed by atoms with E-state index in [4.69, 9.17) is 9.05 Å². The molecule has 0 aliphatic carbocycles. The molecule has 0 bridgehead atoms. The van der Waals surface area contributed by atoms with Crippen LogP contribution in [0.1, 0.15) is 38.8 Å². The van der Waals surface area contributed by atoms with Crippen LogP contribution in [-0.4, -0.2) is 24.6 Å². The molecule has 0 saturated heterocycles. The van der Waals surface area contributed by atoms with Crippen LogP contribution in [-0.2, 0) is 31.4 Å². The Hall–Kier alpha value is -0.400. The van der Waals surface area contributed by atoms with E-state index in [1.165, 1.54) is 0 Å². The van der Waals surface area contributed by atoms with Crippen molar-refractivity contribution in [2.45, 2.75) is 40.9 Å². The summed E-state index contributed by atoms with van der Waals surface area (Å²) >= 11 is 0. The van der Waals surface area contributed by atoms with Gasteiger partial charge in [0.05, 0.1) is 13.2 Å². The Kier molecular flexibility index (Phi) is 8.07. The zero-order valence-electron chi connectivity index (χ0n) is 14.1. The van der Waals surface area contributed by atoms with Gasteiger partial charge in [-0.2, -0.15) is 0 Å². The second-order valence-electron chi connectivity index (χ2n) is 5.26. The maximum absolute atomic E-state index is 12.2. The summed E-state index contributed by atoms with van der Waals surface area (Å²) in [6, 6.07) is 7.77. The van der Waals surface area contributed by atoms with E-state index in [0.717, 1.165) is 11.1 Å². The molecule has 0 radical (unpaired) electrons. The molecule has 0 amide bonds. The molecule has 6 heteroatoms. The van der Waals surface area contributed by atoms with Crippen molar-refractivity contribution in [3.8, 4) is 0 Å². The molecule has 4 nitrogen and oxygen atoms in total. The van der Waals surface area contributed by atoms with Crippen LogP contribution in [0.3, 0.4) is 0 Å². The average molecular weight is 346 g/mol. The standard InChI is InChI=1S/C16H28O4P2/c1-5-21(17,6-2)19-13-15-9-11-16(12-10-15)14-20-22(18,7-3)8-4/h9-12H,5-8,13-14H2,1-4H3. The maximum Gasteiger partial charge on any atom is 0.202 e. The molecule has 126 valence electrons. The van der Waals surface area contributed by atoms with Gasteiger partial charge in [0.25, 0.3) is 0 Å². The van der Waals surface area contributed by atoms with Crippen LogP contribution in [0.2, 0.25) is 0 Å². The number of rotatable bonds is 10. The van der Waals surface area contributed by atoms with Crippen molar-refractivity contribution >= 4 is 14.7 Å². The summed E-state index contributed by atoms with van der Waals surface area (Å²) in [5.41, 5.74) is 1.97. The molecule has 0 fully saturated rings. The molecule has 0 aliphatic heterocycles. The maximum atomic E-state index is 12.2. The van der Waals surface area contributed by atoms with Crippen molar-refractivity contribution in [3.63, 3.8) is 0 Å². The highest BCUT2D eigenvalue weighted by Crippen LogP contribution is 2.47. The number of benzene rings is 1. The molecule has 0 saturated carbocycles. The van der Waals surface area contributed by atoms with Crippen LogP contribution in [0.25, 0.3) is 0 Å². The smallest absolute Gasteiger partial charge is 0.202 e. The Morgan fingerprint density at radius 1 is 0.682 bits per heavy atom. The van der Waals surface area contributed by atoms with Crippen molar-refractivity contribution in [2.24, 2.45) is 0 Å². The van der Waals surface area contributed by atoms with Gasteiger partial charge >= 0.3 is 0 Å². The van der Waals surface area contributed by atoms with E-state index in [0.29, 0.717) is 37.9 Å². The SMILES string of the molecule is CCP(=O)(CC)OCc1ccc(COP(=O)(CC)CC)cc1. The summed E-state index contributed by atoms with van der Waals surface area (Å²) in [5, 5.41) is 0. The van der Waals surface area contributed by atoms with Gasteiger partial charge in [-0.3, -0.25) is 9.13 Å². The topological polar surface area (TPSA) is 52.6 Å². The third kappa shape index (κ3) is 6.01. The lowest BCUT2D eigenvalue weighted by Gasteiger charge is -2.16. The fourth-order valence-corrected chi connectivity index (χ4v) is 4.32. The van der Waals surface area contributed by atoms with E-state index >= 15 is 0 Å². The lowest BCUT2D eigenvalue weighted by molar-refractivity contribution is 0.300. The summed E-state index contributed by atoms with van der Waals surface area (Å²) in [7, 11) is -4.93. The zero-order chi connectivity index (χ0) is 16.6. The van der Waals surface area contributed by atoms with Gasteiger partial charge in [-0.25, -0.2) is 0 Å². The Balaban J connectivity index is 2.57. The first kappa shape index (κ1) is 19.6. The molecule has 0 heterocycles. The van der Waals surface area contributed by atoms with E-state index in [1.54, 1.807) is 0 Å². The van der Waals surface area contributed by atoms with Crippen molar-refractivity contribution in [3.05, 3.63) is 35.4 Å². The van der Waals surface area contributed by atoms with Crippen molar-refractivity contribution in [1.29, 1.82) is 0 Å². The van der Waals surface area contributed by atoms with Crippen molar-refractivity contribution in [1.82, 2.24) is 0 Å². The van der Waals surface area contributed by atoms with Gasteiger partial charge in [-0.15, -0.1) is 0 Å². The Bertz CT molecular complexity index is 475. The lowest BCUT2D eigenvalue weighted by atomic mass is 10.1. The molecular weight excluding hydrogens is 318 g/mol. The van der Waals surface area contributed by atoms with Gasteiger partial charge in [0.1, 0.15) is 0 Å². The Morgan fingerprint density at radius 2 is 0.955 bits per heavy atom. The first-order valence-corrected chi connectivity index (χ1v) is 11.9. The summed E-state index contributed by atoms with van der Waals surface area (Å²) in [5.74, 6) is 0. The first-order valence-electron chi connectivity index (χ1n) is 7.93. The lowest BCUT2D eigenvalue weighted by Crippen LogP contribution is -1.98.